The zero-order valence-corrected chi connectivity index (χ0v) is 13.5. The summed E-state index contributed by atoms with van der Waals surface area (Å²) in [5.74, 6) is 1.12. The van der Waals surface area contributed by atoms with Gasteiger partial charge in [0.25, 0.3) is 0 Å². The minimum absolute atomic E-state index is 0.109. The van der Waals surface area contributed by atoms with E-state index in [0.717, 1.165) is 23.4 Å². The van der Waals surface area contributed by atoms with Crippen LogP contribution < -0.4 is 5.32 Å². The standard InChI is InChI=1S/C16H21NO3S/c1-4-17-10-14-6-7-15(20-14)11-21(18,19)16-8-5-12(2)13(3)9-16/h5-9,17H,4,10-11H2,1-3H3. The fraction of sp³-hybridized carbons (Fsp3) is 0.375. The number of hydrogen-bond donors (Lipinski definition) is 1. The van der Waals surface area contributed by atoms with Gasteiger partial charge in [0.2, 0.25) is 0 Å². The van der Waals surface area contributed by atoms with Gasteiger partial charge in [-0.2, -0.15) is 0 Å². The van der Waals surface area contributed by atoms with Crippen molar-refractivity contribution in [2.45, 2.75) is 38.0 Å². The third-order valence-electron chi connectivity index (χ3n) is 3.44. The third-order valence-corrected chi connectivity index (χ3v) is 5.07. The molecule has 21 heavy (non-hydrogen) atoms. The first-order chi connectivity index (χ1) is 9.92. The van der Waals surface area contributed by atoms with Gasteiger partial charge in [0.15, 0.2) is 9.84 Å². The van der Waals surface area contributed by atoms with Crippen molar-refractivity contribution in [3.05, 3.63) is 53.0 Å². The smallest absolute Gasteiger partial charge is 0.185 e. The maximum absolute atomic E-state index is 12.4. The molecule has 5 heteroatoms. The van der Waals surface area contributed by atoms with Crippen LogP contribution in [0, 0.1) is 13.8 Å². The van der Waals surface area contributed by atoms with Crippen LogP contribution in [0.2, 0.25) is 0 Å². The first kappa shape index (κ1) is 15.8. The predicted molar refractivity (Wildman–Crippen MR) is 82.9 cm³/mol. The van der Waals surface area contributed by atoms with E-state index >= 15 is 0 Å². The van der Waals surface area contributed by atoms with E-state index in [1.54, 1.807) is 18.2 Å². The second-order valence-electron chi connectivity index (χ2n) is 5.15. The maximum atomic E-state index is 12.4. The van der Waals surface area contributed by atoms with Gasteiger partial charge in [-0.05, 0) is 55.8 Å². The minimum atomic E-state index is -3.37. The summed E-state index contributed by atoms with van der Waals surface area (Å²) in [7, 11) is -3.37. The van der Waals surface area contributed by atoms with Crippen LogP contribution in [0.15, 0.2) is 39.6 Å². The molecule has 0 atom stereocenters. The highest BCUT2D eigenvalue weighted by molar-refractivity contribution is 7.90. The molecule has 0 aliphatic carbocycles. The van der Waals surface area contributed by atoms with Crippen LogP contribution in [-0.4, -0.2) is 15.0 Å². The Morgan fingerprint density at radius 1 is 1.05 bits per heavy atom. The summed E-state index contributed by atoms with van der Waals surface area (Å²) in [6, 6.07) is 8.74. The molecular formula is C16H21NO3S. The summed E-state index contributed by atoms with van der Waals surface area (Å²) in [4.78, 5) is 0.343. The van der Waals surface area contributed by atoms with E-state index in [1.165, 1.54) is 0 Å². The van der Waals surface area contributed by atoms with Gasteiger partial charge in [-0.3, -0.25) is 0 Å². The van der Waals surface area contributed by atoms with E-state index in [4.69, 9.17) is 4.42 Å². The molecule has 0 aliphatic rings. The quantitative estimate of drug-likeness (QED) is 0.891. The van der Waals surface area contributed by atoms with Crippen molar-refractivity contribution in [1.82, 2.24) is 5.32 Å². The molecule has 0 bridgehead atoms. The van der Waals surface area contributed by atoms with Gasteiger partial charge in [0, 0.05) is 0 Å². The first-order valence-corrected chi connectivity index (χ1v) is 8.66. The Bertz CT molecular complexity index is 717. The highest BCUT2D eigenvalue weighted by Crippen LogP contribution is 2.20. The van der Waals surface area contributed by atoms with Crippen LogP contribution in [0.25, 0.3) is 0 Å². The molecule has 1 aromatic carbocycles. The van der Waals surface area contributed by atoms with Gasteiger partial charge < -0.3 is 9.73 Å². The average molecular weight is 307 g/mol. The van der Waals surface area contributed by atoms with Crippen molar-refractivity contribution in [2.75, 3.05) is 6.54 Å². The molecule has 0 saturated heterocycles. The van der Waals surface area contributed by atoms with Crippen LogP contribution in [0.1, 0.15) is 29.6 Å². The monoisotopic (exact) mass is 307 g/mol. The molecule has 2 aromatic rings. The second kappa shape index (κ2) is 6.45. The van der Waals surface area contributed by atoms with Crippen molar-refractivity contribution in [3.8, 4) is 0 Å². The Kier molecular flexibility index (Phi) is 4.85. The highest BCUT2D eigenvalue weighted by atomic mass is 32.2. The molecule has 0 aliphatic heterocycles. The van der Waals surface area contributed by atoms with Gasteiger partial charge in [-0.25, -0.2) is 8.42 Å². The van der Waals surface area contributed by atoms with Gasteiger partial charge in [-0.1, -0.05) is 13.0 Å². The zero-order chi connectivity index (χ0) is 15.5. The Morgan fingerprint density at radius 3 is 2.43 bits per heavy atom. The molecule has 0 radical (unpaired) electrons. The Labute approximate surface area is 126 Å². The van der Waals surface area contributed by atoms with Crippen molar-refractivity contribution in [3.63, 3.8) is 0 Å². The summed E-state index contributed by atoms with van der Waals surface area (Å²) in [5, 5.41) is 3.14. The summed E-state index contributed by atoms with van der Waals surface area (Å²) in [6.07, 6.45) is 0. The lowest BCUT2D eigenvalue weighted by molar-refractivity contribution is 0.459. The predicted octanol–water partition coefficient (Wildman–Crippen LogP) is 2.98. The second-order valence-corrected chi connectivity index (χ2v) is 7.14. The number of furan rings is 1. The molecular weight excluding hydrogens is 286 g/mol. The van der Waals surface area contributed by atoms with Gasteiger partial charge in [-0.15, -0.1) is 0 Å². The number of hydrogen-bond acceptors (Lipinski definition) is 4. The Morgan fingerprint density at radius 2 is 1.76 bits per heavy atom. The summed E-state index contributed by atoms with van der Waals surface area (Å²) >= 11 is 0. The molecule has 1 aromatic heterocycles. The topological polar surface area (TPSA) is 59.3 Å². The third kappa shape index (κ3) is 3.95. The molecule has 0 amide bonds. The first-order valence-electron chi connectivity index (χ1n) is 7.00. The van der Waals surface area contributed by atoms with Crippen molar-refractivity contribution >= 4 is 9.84 Å². The molecule has 4 nitrogen and oxygen atoms in total. The molecule has 1 N–H and O–H groups in total. The number of benzene rings is 1. The van der Waals surface area contributed by atoms with E-state index in [0.29, 0.717) is 17.2 Å². The summed E-state index contributed by atoms with van der Waals surface area (Å²) in [5.41, 5.74) is 2.06. The largest absolute Gasteiger partial charge is 0.464 e. The molecule has 2 rings (SSSR count). The SMILES string of the molecule is CCNCc1ccc(CS(=O)(=O)c2ccc(C)c(C)c2)o1. The van der Waals surface area contributed by atoms with Crippen LogP contribution in [-0.2, 0) is 22.1 Å². The van der Waals surface area contributed by atoms with Crippen molar-refractivity contribution in [2.24, 2.45) is 0 Å². The van der Waals surface area contributed by atoms with Crippen LogP contribution in [0.4, 0.5) is 0 Å². The number of aryl methyl sites for hydroxylation is 2. The molecule has 0 spiro atoms. The fourth-order valence-electron chi connectivity index (χ4n) is 2.02. The van der Waals surface area contributed by atoms with Gasteiger partial charge >= 0.3 is 0 Å². The van der Waals surface area contributed by atoms with E-state index in [9.17, 15) is 8.42 Å². The van der Waals surface area contributed by atoms with E-state index in [2.05, 4.69) is 5.32 Å². The number of rotatable bonds is 6. The lowest BCUT2D eigenvalue weighted by Gasteiger charge is -2.06. The minimum Gasteiger partial charge on any atom is -0.464 e. The highest BCUT2D eigenvalue weighted by Gasteiger charge is 2.18. The van der Waals surface area contributed by atoms with E-state index in [-0.39, 0.29) is 5.75 Å². The average Bonchev–Trinajstić information content (AvgIpc) is 2.86. The lowest BCUT2D eigenvalue weighted by Crippen LogP contribution is -2.10. The lowest BCUT2D eigenvalue weighted by atomic mass is 10.1. The number of nitrogens with one attached hydrogen (secondary N) is 1. The van der Waals surface area contributed by atoms with Crippen LogP contribution >= 0.6 is 0 Å². The summed E-state index contributed by atoms with van der Waals surface area (Å²) in [6.45, 7) is 7.34. The zero-order valence-electron chi connectivity index (χ0n) is 12.6. The van der Waals surface area contributed by atoms with Crippen LogP contribution in [0.5, 0.6) is 0 Å². The molecule has 0 saturated carbocycles. The molecule has 0 unspecified atom stereocenters. The van der Waals surface area contributed by atoms with E-state index in [1.807, 2.05) is 32.9 Å². The maximum Gasteiger partial charge on any atom is 0.185 e. The van der Waals surface area contributed by atoms with E-state index < -0.39 is 9.84 Å². The number of sulfone groups is 1. The fourth-order valence-corrected chi connectivity index (χ4v) is 3.35. The van der Waals surface area contributed by atoms with Gasteiger partial charge in [0.1, 0.15) is 17.3 Å². The molecule has 114 valence electrons. The van der Waals surface area contributed by atoms with Gasteiger partial charge in [0.05, 0.1) is 11.4 Å². The molecule has 0 fully saturated rings. The summed E-state index contributed by atoms with van der Waals surface area (Å²) < 4.78 is 30.4. The normalized spacial score (nSPS) is 11.8. The van der Waals surface area contributed by atoms with Crippen molar-refractivity contribution in [1.29, 1.82) is 0 Å². The van der Waals surface area contributed by atoms with Crippen LogP contribution in [0.3, 0.4) is 0 Å². The Balaban J connectivity index is 2.16. The molecule has 1 heterocycles. The van der Waals surface area contributed by atoms with Crippen molar-refractivity contribution < 1.29 is 12.8 Å². The Hall–Kier alpha value is -1.59.